The van der Waals surface area contributed by atoms with Gasteiger partial charge in [-0.15, -0.1) is 0 Å². The van der Waals surface area contributed by atoms with E-state index in [1.165, 1.54) is 28.1 Å². The van der Waals surface area contributed by atoms with Crippen LogP contribution in [0.5, 0.6) is 0 Å². The van der Waals surface area contributed by atoms with E-state index in [2.05, 4.69) is 45.3 Å². The van der Waals surface area contributed by atoms with E-state index in [4.69, 9.17) is 5.10 Å². The number of amides is 1. The Morgan fingerprint density at radius 3 is 2.62 bits per heavy atom. The molecule has 192 valence electrons. The van der Waals surface area contributed by atoms with Crippen molar-refractivity contribution in [2.75, 3.05) is 24.5 Å². The van der Waals surface area contributed by atoms with Gasteiger partial charge < -0.3 is 14.6 Å². The van der Waals surface area contributed by atoms with E-state index < -0.39 is 0 Å². The molecule has 0 radical (unpaired) electrons. The van der Waals surface area contributed by atoms with Gasteiger partial charge in [-0.05, 0) is 61.8 Å². The molecule has 1 aromatic carbocycles. The van der Waals surface area contributed by atoms with Gasteiger partial charge in [-0.3, -0.25) is 9.48 Å². The number of amidine groups is 1. The number of aldehydes is 1. The fraction of sp³-hybridized carbons (Fsp3) is 0.483. The maximum atomic E-state index is 12.3. The summed E-state index contributed by atoms with van der Waals surface area (Å²) < 4.78 is 3.95. The summed E-state index contributed by atoms with van der Waals surface area (Å²) in [6, 6.07) is 6.69. The molecule has 4 heterocycles. The van der Waals surface area contributed by atoms with E-state index in [1.54, 1.807) is 6.92 Å². The number of benzene rings is 1. The fourth-order valence-electron chi connectivity index (χ4n) is 6.23. The van der Waals surface area contributed by atoms with Gasteiger partial charge in [-0.1, -0.05) is 10.8 Å². The summed E-state index contributed by atoms with van der Waals surface area (Å²) in [5, 5.41) is 9.53. The molecule has 0 unspecified atom stereocenters. The monoisotopic (exact) mass is 499 g/mol. The Morgan fingerprint density at radius 2 is 1.89 bits per heavy atom. The lowest BCUT2D eigenvalue weighted by molar-refractivity contribution is -0.479. The molecule has 8 nitrogen and oxygen atoms in total. The summed E-state index contributed by atoms with van der Waals surface area (Å²) in [6.45, 7) is 3.89. The van der Waals surface area contributed by atoms with Gasteiger partial charge >= 0.3 is 0 Å². The van der Waals surface area contributed by atoms with Crippen LogP contribution in [0.3, 0.4) is 0 Å². The molecule has 37 heavy (non-hydrogen) atoms. The first-order valence-corrected chi connectivity index (χ1v) is 13.6. The maximum absolute atomic E-state index is 12.3. The molecule has 2 aromatic rings. The number of hydrogen-bond donors (Lipinski definition) is 0. The number of hydrazone groups is 1. The SMILES string of the molecule is CC(=O)N1CCC2=C(C1)C(N1CCCc3cc(-c4cnn(C)c4)ccc31)=N/[N+]2=C\C1CCC(C=O)CC1. The minimum Gasteiger partial charge on any atom is -0.338 e. The summed E-state index contributed by atoms with van der Waals surface area (Å²) in [5.74, 6) is 1.72. The lowest BCUT2D eigenvalue weighted by Crippen LogP contribution is -2.42. The summed E-state index contributed by atoms with van der Waals surface area (Å²) in [5.41, 5.74) is 7.24. The number of fused-ring (bicyclic) bond motifs is 1. The van der Waals surface area contributed by atoms with Crippen molar-refractivity contribution in [2.24, 2.45) is 24.0 Å². The highest BCUT2D eigenvalue weighted by molar-refractivity contribution is 6.11. The second-order valence-electron chi connectivity index (χ2n) is 10.8. The molecule has 1 saturated carbocycles. The van der Waals surface area contributed by atoms with E-state index in [-0.39, 0.29) is 11.8 Å². The number of carbonyl (C=O) groups excluding carboxylic acids is 2. The molecular formula is C29H35N6O2+. The maximum Gasteiger partial charge on any atom is 0.225 e. The highest BCUT2D eigenvalue weighted by Crippen LogP contribution is 2.36. The second kappa shape index (κ2) is 9.72. The Hall–Kier alpha value is -3.55. The molecule has 1 amide bonds. The van der Waals surface area contributed by atoms with E-state index in [0.717, 1.165) is 75.7 Å². The van der Waals surface area contributed by atoms with Crippen LogP contribution in [-0.4, -0.2) is 63.2 Å². The summed E-state index contributed by atoms with van der Waals surface area (Å²) >= 11 is 0. The van der Waals surface area contributed by atoms with Crippen molar-refractivity contribution >= 4 is 29.9 Å². The van der Waals surface area contributed by atoms with Crippen molar-refractivity contribution in [1.82, 2.24) is 14.7 Å². The molecule has 1 aliphatic carbocycles. The Morgan fingerprint density at radius 1 is 1.08 bits per heavy atom. The summed E-state index contributed by atoms with van der Waals surface area (Å²) in [6.07, 6.45) is 14.2. The molecule has 4 aliphatic rings. The van der Waals surface area contributed by atoms with Gasteiger partial charge in [0.25, 0.3) is 0 Å². The third-order valence-electron chi connectivity index (χ3n) is 8.36. The van der Waals surface area contributed by atoms with Crippen molar-refractivity contribution in [3.8, 4) is 11.1 Å². The normalized spacial score (nSPS) is 24.7. The predicted octanol–water partition coefficient (Wildman–Crippen LogP) is 3.76. The first-order chi connectivity index (χ1) is 18.0. The first kappa shape index (κ1) is 23.8. The van der Waals surface area contributed by atoms with Crippen molar-refractivity contribution in [2.45, 2.75) is 51.9 Å². The molecule has 0 saturated heterocycles. The smallest absolute Gasteiger partial charge is 0.225 e. The Labute approximate surface area is 217 Å². The largest absolute Gasteiger partial charge is 0.338 e. The number of nitrogens with zero attached hydrogens (tertiary/aromatic N) is 6. The molecular weight excluding hydrogens is 464 g/mol. The van der Waals surface area contributed by atoms with E-state index in [9.17, 15) is 9.59 Å². The van der Waals surface area contributed by atoms with Gasteiger partial charge in [0.05, 0.1) is 24.7 Å². The van der Waals surface area contributed by atoms with Crippen LogP contribution in [0.15, 0.2) is 47.0 Å². The third kappa shape index (κ3) is 4.54. The van der Waals surface area contributed by atoms with Crippen LogP contribution in [0, 0.1) is 11.8 Å². The molecule has 1 aromatic heterocycles. The lowest BCUT2D eigenvalue weighted by atomic mass is 9.83. The van der Waals surface area contributed by atoms with Crippen LogP contribution < -0.4 is 4.90 Å². The molecule has 3 aliphatic heterocycles. The quantitative estimate of drug-likeness (QED) is 0.476. The number of rotatable bonds is 3. The van der Waals surface area contributed by atoms with Gasteiger partial charge in [-0.25, -0.2) is 0 Å². The average molecular weight is 500 g/mol. The van der Waals surface area contributed by atoms with Crippen LogP contribution in [0.25, 0.3) is 11.1 Å². The van der Waals surface area contributed by atoms with E-state index >= 15 is 0 Å². The molecule has 0 spiro atoms. The van der Waals surface area contributed by atoms with E-state index in [0.29, 0.717) is 12.5 Å². The molecule has 8 heteroatoms. The zero-order valence-corrected chi connectivity index (χ0v) is 21.8. The topological polar surface area (TPSA) is 73.8 Å². The highest BCUT2D eigenvalue weighted by atomic mass is 16.2. The number of aryl methyl sites for hydroxylation is 2. The second-order valence-corrected chi connectivity index (χ2v) is 10.8. The fourth-order valence-corrected chi connectivity index (χ4v) is 6.23. The van der Waals surface area contributed by atoms with Crippen LogP contribution in [-0.2, 0) is 23.1 Å². The lowest BCUT2D eigenvalue weighted by Gasteiger charge is -2.32. The average Bonchev–Trinajstić information content (AvgIpc) is 3.51. The molecule has 6 rings (SSSR count). The Kier molecular flexibility index (Phi) is 6.26. The minimum atomic E-state index is 0.112. The molecule has 1 fully saturated rings. The minimum absolute atomic E-state index is 0.112. The summed E-state index contributed by atoms with van der Waals surface area (Å²) in [4.78, 5) is 27.8. The van der Waals surface area contributed by atoms with Gasteiger partial charge in [0, 0.05) is 61.4 Å². The van der Waals surface area contributed by atoms with Gasteiger partial charge in [0.1, 0.15) is 6.29 Å². The standard InChI is InChI=1S/C29H35N6O2/c1-20(37)33-13-11-28-26(18-33)29(31-35(28)16-21-5-7-22(19-36)8-6-21)34-12-3-4-24-14-23(9-10-27(24)34)25-15-30-32(2)17-25/h9-10,14-17,19,21-22H,3-8,11-13,18H2,1-2H3/q+1/b35-16-. The van der Waals surface area contributed by atoms with Crippen LogP contribution in [0.2, 0.25) is 0 Å². The van der Waals surface area contributed by atoms with Crippen LogP contribution in [0.4, 0.5) is 5.69 Å². The van der Waals surface area contributed by atoms with Crippen molar-refractivity contribution in [3.05, 3.63) is 47.4 Å². The Balaban J connectivity index is 1.35. The van der Waals surface area contributed by atoms with E-state index in [1.807, 2.05) is 22.8 Å². The molecule has 0 bridgehead atoms. The van der Waals surface area contributed by atoms with Crippen molar-refractivity contribution < 1.29 is 14.3 Å². The number of anilines is 1. The number of carbonyl (C=O) groups is 2. The third-order valence-corrected chi connectivity index (χ3v) is 8.36. The van der Waals surface area contributed by atoms with Gasteiger partial charge in [0.15, 0.2) is 6.21 Å². The first-order valence-electron chi connectivity index (χ1n) is 13.6. The van der Waals surface area contributed by atoms with Gasteiger partial charge in [-0.2, -0.15) is 5.10 Å². The Bertz CT molecular complexity index is 1330. The van der Waals surface area contributed by atoms with Crippen molar-refractivity contribution in [3.63, 3.8) is 0 Å². The van der Waals surface area contributed by atoms with Crippen LogP contribution >= 0.6 is 0 Å². The molecule has 0 atom stereocenters. The van der Waals surface area contributed by atoms with Crippen molar-refractivity contribution in [1.29, 1.82) is 0 Å². The van der Waals surface area contributed by atoms with Crippen LogP contribution in [0.1, 0.15) is 51.0 Å². The zero-order chi connectivity index (χ0) is 25.5. The predicted molar refractivity (Wildman–Crippen MR) is 143 cm³/mol. The van der Waals surface area contributed by atoms with Gasteiger partial charge in [0.2, 0.25) is 17.4 Å². The summed E-state index contributed by atoms with van der Waals surface area (Å²) in [7, 11) is 1.94. The number of aromatic nitrogens is 2. The molecule has 0 N–H and O–H groups in total. The highest BCUT2D eigenvalue weighted by Gasteiger charge is 2.41. The number of hydrogen-bond acceptors (Lipinski definition) is 5. The zero-order valence-electron chi connectivity index (χ0n) is 21.8.